The maximum atomic E-state index is 8.69. The van der Waals surface area contributed by atoms with Crippen LogP contribution in [0.4, 0.5) is 0 Å². The second-order valence-electron chi connectivity index (χ2n) is 1.66. The van der Waals surface area contributed by atoms with Crippen LogP contribution in [0.5, 0.6) is 0 Å². The highest BCUT2D eigenvalue weighted by atomic mass is 79.9. The van der Waals surface area contributed by atoms with Crippen LogP contribution in [-0.2, 0) is 9.47 Å². The molecule has 0 aromatic carbocycles. The molecule has 1 rings (SSSR count). The molecule has 52 valence electrons. The average molecular weight is 195 g/mol. The molecule has 1 atom stereocenters. The highest BCUT2D eigenvalue weighted by molar-refractivity contribution is 9.09. The fourth-order valence-corrected chi connectivity index (χ4v) is 1.10. The van der Waals surface area contributed by atoms with Crippen LogP contribution >= 0.6 is 15.9 Å². The largest absolute Gasteiger partial charge is 0.434 e. The molecule has 0 amide bonds. The normalized spacial score (nSPS) is 25.9. The molecular weight excluding hydrogens is 188 g/mol. The van der Waals surface area contributed by atoms with E-state index in [0.717, 1.165) is 0 Å². The van der Waals surface area contributed by atoms with E-state index in [0.29, 0.717) is 16.8 Å². The van der Waals surface area contributed by atoms with Gasteiger partial charge < -0.3 is 14.6 Å². The number of hydrogen-bond donors (Lipinski definition) is 1. The fraction of sp³-hybridized carbons (Fsp3) is 0.600. The smallest absolute Gasteiger partial charge is 0.357 e. The van der Waals surface area contributed by atoms with E-state index in [-0.39, 0.29) is 0 Å². The van der Waals surface area contributed by atoms with Crippen molar-refractivity contribution in [3.05, 3.63) is 11.5 Å². The van der Waals surface area contributed by atoms with E-state index < -0.39 is 6.48 Å². The summed E-state index contributed by atoms with van der Waals surface area (Å²) >= 11 is 3.17. The van der Waals surface area contributed by atoms with Crippen LogP contribution in [0.3, 0.4) is 0 Å². The summed E-state index contributed by atoms with van der Waals surface area (Å²) in [5.41, 5.74) is 0. The van der Waals surface area contributed by atoms with Crippen molar-refractivity contribution in [2.75, 3.05) is 5.33 Å². The molecule has 0 saturated carbocycles. The Morgan fingerprint density at radius 2 is 2.33 bits per heavy atom. The third-order valence-electron chi connectivity index (χ3n) is 1.03. The Morgan fingerprint density at radius 1 is 1.67 bits per heavy atom. The molecule has 1 aliphatic heterocycles. The quantitative estimate of drug-likeness (QED) is 0.632. The molecule has 1 heterocycles. The second-order valence-corrected chi connectivity index (χ2v) is 2.22. The van der Waals surface area contributed by atoms with Crippen molar-refractivity contribution in [2.24, 2.45) is 0 Å². The summed E-state index contributed by atoms with van der Waals surface area (Å²) in [4.78, 5) is 0. The highest BCUT2D eigenvalue weighted by Crippen LogP contribution is 2.20. The first-order chi connectivity index (χ1) is 4.24. The van der Waals surface area contributed by atoms with Gasteiger partial charge in [-0.2, -0.15) is 0 Å². The predicted molar refractivity (Wildman–Crippen MR) is 34.7 cm³/mol. The van der Waals surface area contributed by atoms with E-state index in [1.807, 2.05) is 0 Å². The van der Waals surface area contributed by atoms with Crippen molar-refractivity contribution in [3.8, 4) is 0 Å². The first-order valence-corrected chi connectivity index (χ1v) is 3.63. The van der Waals surface area contributed by atoms with Crippen molar-refractivity contribution in [2.45, 2.75) is 13.4 Å². The minimum absolute atomic E-state index is 0.579. The zero-order chi connectivity index (χ0) is 6.85. The van der Waals surface area contributed by atoms with Crippen molar-refractivity contribution in [1.82, 2.24) is 0 Å². The Labute approximate surface area is 61.4 Å². The first-order valence-electron chi connectivity index (χ1n) is 2.51. The Bertz CT molecular complexity index is 143. The molecular formula is C5H7BrO3. The zero-order valence-corrected chi connectivity index (χ0v) is 6.51. The lowest BCUT2D eigenvalue weighted by Gasteiger charge is -2.00. The fourth-order valence-electron chi connectivity index (χ4n) is 0.571. The molecule has 0 spiro atoms. The lowest BCUT2D eigenvalue weighted by Crippen LogP contribution is -2.05. The van der Waals surface area contributed by atoms with Gasteiger partial charge in [0.2, 0.25) is 0 Å². The van der Waals surface area contributed by atoms with Gasteiger partial charge in [-0.1, -0.05) is 15.9 Å². The molecule has 0 aliphatic carbocycles. The van der Waals surface area contributed by atoms with E-state index in [1.165, 1.54) is 0 Å². The molecule has 1 unspecified atom stereocenters. The Balaban J connectivity index is 2.58. The van der Waals surface area contributed by atoms with Crippen LogP contribution in [0.15, 0.2) is 11.5 Å². The molecule has 3 nitrogen and oxygen atoms in total. The molecule has 0 bridgehead atoms. The number of aliphatic hydroxyl groups is 1. The van der Waals surface area contributed by atoms with Crippen LogP contribution in [0.25, 0.3) is 0 Å². The molecule has 9 heavy (non-hydrogen) atoms. The molecule has 0 radical (unpaired) electrons. The Kier molecular flexibility index (Phi) is 1.97. The number of aliphatic hydroxyl groups excluding tert-OH is 1. The minimum atomic E-state index is -1.10. The summed E-state index contributed by atoms with van der Waals surface area (Å²) in [6.45, 7) is 0.643. The van der Waals surface area contributed by atoms with Crippen molar-refractivity contribution >= 4 is 15.9 Å². The molecule has 0 saturated heterocycles. The number of rotatable bonds is 1. The highest BCUT2D eigenvalue weighted by Gasteiger charge is 2.20. The maximum absolute atomic E-state index is 8.69. The van der Waals surface area contributed by atoms with Gasteiger partial charge in [0.25, 0.3) is 0 Å². The number of halogens is 1. The molecule has 0 aromatic heterocycles. The van der Waals surface area contributed by atoms with Crippen molar-refractivity contribution < 1.29 is 14.6 Å². The molecule has 0 fully saturated rings. The lowest BCUT2D eigenvalue weighted by atomic mass is 10.5. The van der Waals surface area contributed by atoms with E-state index in [9.17, 15) is 0 Å². The summed E-state index contributed by atoms with van der Waals surface area (Å²) in [5.74, 6) is 1.29. The number of hydrogen-bond acceptors (Lipinski definition) is 3. The molecule has 0 aromatic rings. The van der Waals surface area contributed by atoms with E-state index in [4.69, 9.17) is 14.6 Å². The number of allylic oxidation sites excluding steroid dienone is 2. The van der Waals surface area contributed by atoms with Gasteiger partial charge in [0, 0.05) is 0 Å². The van der Waals surface area contributed by atoms with Gasteiger partial charge in [-0.05, 0) is 6.92 Å². The number of ether oxygens (including phenoxy) is 2. The van der Waals surface area contributed by atoms with Crippen LogP contribution < -0.4 is 0 Å². The maximum Gasteiger partial charge on any atom is 0.357 e. The average Bonchev–Trinajstić information content (AvgIpc) is 2.10. The number of alkyl halides is 1. The van der Waals surface area contributed by atoms with Gasteiger partial charge in [0.05, 0.1) is 5.33 Å². The zero-order valence-electron chi connectivity index (χ0n) is 4.93. The third-order valence-corrected chi connectivity index (χ3v) is 1.54. The summed E-state index contributed by atoms with van der Waals surface area (Å²) in [6, 6.07) is 0. The van der Waals surface area contributed by atoms with Gasteiger partial charge >= 0.3 is 6.48 Å². The molecule has 4 heteroatoms. The topological polar surface area (TPSA) is 38.7 Å². The Morgan fingerprint density at radius 3 is 2.56 bits per heavy atom. The van der Waals surface area contributed by atoms with Gasteiger partial charge in [-0.15, -0.1) is 0 Å². The summed E-state index contributed by atoms with van der Waals surface area (Å²) < 4.78 is 9.54. The summed E-state index contributed by atoms with van der Waals surface area (Å²) in [5, 5.41) is 9.27. The Hall–Kier alpha value is -0.220. The van der Waals surface area contributed by atoms with E-state index >= 15 is 0 Å². The van der Waals surface area contributed by atoms with Crippen LogP contribution in [0.1, 0.15) is 6.92 Å². The summed E-state index contributed by atoms with van der Waals surface area (Å²) in [6.07, 6.45) is 0. The summed E-state index contributed by atoms with van der Waals surface area (Å²) in [7, 11) is 0. The van der Waals surface area contributed by atoms with Crippen molar-refractivity contribution in [1.29, 1.82) is 0 Å². The third kappa shape index (κ3) is 1.37. The van der Waals surface area contributed by atoms with Gasteiger partial charge in [-0.3, -0.25) is 0 Å². The van der Waals surface area contributed by atoms with Crippen molar-refractivity contribution in [3.63, 3.8) is 0 Å². The van der Waals surface area contributed by atoms with Gasteiger partial charge in [0.15, 0.2) is 5.76 Å². The van der Waals surface area contributed by atoms with Gasteiger partial charge in [-0.25, -0.2) is 0 Å². The second kappa shape index (κ2) is 2.58. The predicted octanol–water partition coefficient (Wildman–Crippen LogP) is 0.935. The molecule has 1 aliphatic rings. The monoisotopic (exact) mass is 194 g/mol. The van der Waals surface area contributed by atoms with Crippen LogP contribution in [0.2, 0.25) is 0 Å². The van der Waals surface area contributed by atoms with Crippen LogP contribution in [-0.4, -0.2) is 16.9 Å². The van der Waals surface area contributed by atoms with Crippen LogP contribution in [0, 0.1) is 0 Å². The minimum Gasteiger partial charge on any atom is -0.434 e. The first kappa shape index (κ1) is 6.89. The standard InChI is InChI=1S/C5H7BrO3/c1-3-4(2-6)9-5(7)8-3/h5,7H,2H2,1H3. The van der Waals surface area contributed by atoms with E-state index in [2.05, 4.69) is 15.9 Å². The molecule has 1 N–H and O–H groups in total. The lowest BCUT2D eigenvalue weighted by molar-refractivity contribution is -0.191. The van der Waals surface area contributed by atoms with Gasteiger partial charge in [0.1, 0.15) is 5.76 Å². The van der Waals surface area contributed by atoms with E-state index in [1.54, 1.807) is 6.92 Å². The SMILES string of the molecule is CC1=C(CBr)OC(O)O1.